The molecule has 0 bridgehead atoms. The minimum atomic E-state index is -3.29. The predicted octanol–water partition coefficient (Wildman–Crippen LogP) is 6.89. The molecule has 6 nitrogen and oxygen atoms in total. The Morgan fingerprint density at radius 2 is 1.63 bits per heavy atom. The molecule has 3 aromatic rings. The van der Waals surface area contributed by atoms with Gasteiger partial charge in [0, 0.05) is 11.3 Å². The van der Waals surface area contributed by atoms with Gasteiger partial charge in [0.2, 0.25) is 5.91 Å². The third-order valence-electron chi connectivity index (χ3n) is 5.35. The van der Waals surface area contributed by atoms with Crippen LogP contribution in [0.25, 0.3) is 0 Å². The maximum Gasteiger partial charge on any atom is 0.228 e. The van der Waals surface area contributed by atoms with Gasteiger partial charge in [-0.1, -0.05) is 56.1 Å². The van der Waals surface area contributed by atoms with Crippen molar-refractivity contribution in [1.29, 1.82) is 0 Å². The third kappa shape index (κ3) is 6.69. The monoisotopic (exact) mass is 535 g/mol. The van der Waals surface area contributed by atoms with Crippen LogP contribution in [0.5, 0.6) is 17.2 Å². The zero-order chi connectivity index (χ0) is 25.8. The van der Waals surface area contributed by atoms with Gasteiger partial charge in [0.15, 0.2) is 15.6 Å². The number of benzene rings is 3. The lowest BCUT2D eigenvalue weighted by Crippen LogP contribution is -2.14. The second-order valence-electron chi connectivity index (χ2n) is 8.20. The normalized spacial score (nSPS) is 11.4. The van der Waals surface area contributed by atoms with Crippen molar-refractivity contribution in [2.75, 3.05) is 18.2 Å². The molecule has 3 rings (SSSR count). The molecule has 1 N–H and O–H groups in total. The molecule has 1 amide bonds. The molecule has 0 aromatic heterocycles. The van der Waals surface area contributed by atoms with Crippen LogP contribution < -0.4 is 14.8 Å². The van der Waals surface area contributed by atoms with E-state index in [0.717, 1.165) is 11.3 Å². The Morgan fingerprint density at radius 1 is 1.00 bits per heavy atom. The number of halogens is 2. The van der Waals surface area contributed by atoms with Crippen LogP contribution in [-0.4, -0.2) is 27.2 Å². The van der Waals surface area contributed by atoms with E-state index in [1.807, 2.05) is 12.1 Å². The number of carbonyl (C=O) groups excluding carboxylic acids is 1. The standard InChI is InChI=1S/C26H27Cl2NO5S/c1-5-35(31,32)20-9-6-17(7-10-20)12-25(30)29-18-13-22(27)26(23(28)14-18)34-19-8-11-24(33-4)21(15-19)16(2)3/h6-11,13-16H,5,12H2,1-4H3,(H,29,30). The van der Waals surface area contributed by atoms with Gasteiger partial charge in [0.25, 0.3) is 0 Å². The Bertz CT molecular complexity index is 1300. The van der Waals surface area contributed by atoms with Crippen molar-refractivity contribution in [3.63, 3.8) is 0 Å². The van der Waals surface area contributed by atoms with E-state index in [2.05, 4.69) is 19.2 Å². The summed E-state index contributed by atoms with van der Waals surface area (Å²) in [7, 11) is -1.67. The van der Waals surface area contributed by atoms with Crippen molar-refractivity contribution < 1.29 is 22.7 Å². The topological polar surface area (TPSA) is 81.7 Å². The van der Waals surface area contributed by atoms with Gasteiger partial charge < -0.3 is 14.8 Å². The first-order chi connectivity index (χ1) is 16.5. The second kappa shape index (κ2) is 11.3. The van der Waals surface area contributed by atoms with E-state index in [9.17, 15) is 13.2 Å². The first kappa shape index (κ1) is 26.9. The first-order valence-electron chi connectivity index (χ1n) is 11.0. The molecule has 0 fully saturated rings. The smallest absolute Gasteiger partial charge is 0.228 e. The number of rotatable bonds is 9. The summed E-state index contributed by atoms with van der Waals surface area (Å²) >= 11 is 12.8. The molecule has 0 spiro atoms. The van der Waals surface area contributed by atoms with Crippen molar-refractivity contribution in [1.82, 2.24) is 0 Å². The predicted molar refractivity (Wildman–Crippen MR) is 140 cm³/mol. The van der Waals surface area contributed by atoms with Gasteiger partial charge in [-0.25, -0.2) is 8.42 Å². The second-order valence-corrected chi connectivity index (χ2v) is 11.3. The van der Waals surface area contributed by atoms with Crippen molar-refractivity contribution in [3.8, 4) is 17.2 Å². The molecule has 0 heterocycles. The number of hydrogen-bond acceptors (Lipinski definition) is 5. The first-order valence-corrected chi connectivity index (χ1v) is 13.4. The van der Waals surface area contributed by atoms with Gasteiger partial charge in [0.05, 0.1) is 34.2 Å². The molecule has 0 atom stereocenters. The lowest BCUT2D eigenvalue weighted by molar-refractivity contribution is -0.115. The van der Waals surface area contributed by atoms with E-state index in [1.165, 1.54) is 12.1 Å². The van der Waals surface area contributed by atoms with E-state index < -0.39 is 9.84 Å². The Morgan fingerprint density at radius 3 is 2.17 bits per heavy atom. The van der Waals surface area contributed by atoms with Crippen LogP contribution in [0.4, 0.5) is 5.69 Å². The fourth-order valence-electron chi connectivity index (χ4n) is 3.45. The molecule has 0 unspecified atom stereocenters. The van der Waals surface area contributed by atoms with E-state index in [4.69, 9.17) is 32.7 Å². The van der Waals surface area contributed by atoms with Gasteiger partial charge in [-0.15, -0.1) is 0 Å². The molecule has 0 aliphatic heterocycles. The van der Waals surface area contributed by atoms with Gasteiger partial charge in [-0.3, -0.25) is 4.79 Å². The molecule has 35 heavy (non-hydrogen) atoms. The van der Waals surface area contributed by atoms with Crippen LogP contribution in [0.15, 0.2) is 59.5 Å². The summed E-state index contributed by atoms with van der Waals surface area (Å²) in [6.45, 7) is 5.70. The molecule has 3 aromatic carbocycles. The van der Waals surface area contributed by atoms with Crippen molar-refractivity contribution >= 4 is 44.6 Å². The molecule has 9 heteroatoms. The van der Waals surface area contributed by atoms with Gasteiger partial charge >= 0.3 is 0 Å². The van der Waals surface area contributed by atoms with Crippen LogP contribution in [0.2, 0.25) is 10.0 Å². The van der Waals surface area contributed by atoms with Crippen LogP contribution >= 0.6 is 23.2 Å². The number of nitrogens with one attached hydrogen (secondary N) is 1. The number of amides is 1. The van der Waals surface area contributed by atoms with E-state index in [0.29, 0.717) is 17.0 Å². The summed E-state index contributed by atoms with van der Waals surface area (Å²) in [5, 5.41) is 3.24. The summed E-state index contributed by atoms with van der Waals surface area (Å²) in [5.74, 6) is 1.55. The Balaban J connectivity index is 1.72. The maximum atomic E-state index is 12.5. The quantitative estimate of drug-likeness (QED) is 0.322. The van der Waals surface area contributed by atoms with E-state index in [-0.39, 0.29) is 44.7 Å². The number of carbonyl (C=O) groups is 1. The zero-order valence-electron chi connectivity index (χ0n) is 19.9. The molecule has 0 aliphatic carbocycles. The molecular weight excluding hydrogens is 509 g/mol. The molecule has 0 saturated heterocycles. The summed E-state index contributed by atoms with van der Waals surface area (Å²) in [4.78, 5) is 12.8. The number of anilines is 1. The fraction of sp³-hybridized carbons (Fsp3) is 0.269. The lowest BCUT2D eigenvalue weighted by atomic mass is 10.0. The number of methoxy groups -OCH3 is 1. The Kier molecular flexibility index (Phi) is 8.70. The number of sulfone groups is 1. The molecule has 186 valence electrons. The largest absolute Gasteiger partial charge is 0.496 e. The van der Waals surface area contributed by atoms with Crippen LogP contribution in [0.1, 0.15) is 37.8 Å². The highest BCUT2D eigenvalue weighted by Crippen LogP contribution is 2.40. The average Bonchev–Trinajstić information content (AvgIpc) is 2.81. The zero-order valence-corrected chi connectivity index (χ0v) is 22.2. The van der Waals surface area contributed by atoms with E-state index >= 15 is 0 Å². The lowest BCUT2D eigenvalue weighted by Gasteiger charge is -2.16. The van der Waals surface area contributed by atoms with E-state index in [1.54, 1.807) is 44.4 Å². The summed E-state index contributed by atoms with van der Waals surface area (Å²) in [6.07, 6.45) is 0.0593. The highest BCUT2D eigenvalue weighted by atomic mass is 35.5. The minimum Gasteiger partial charge on any atom is -0.496 e. The molecule has 0 aliphatic rings. The van der Waals surface area contributed by atoms with Crippen molar-refractivity contribution in [2.45, 2.75) is 38.0 Å². The Hall–Kier alpha value is -2.74. The summed E-state index contributed by atoms with van der Waals surface area (Å²) in [5.41, 5.74) is 2.08. The SMILES string of the molecule is CCS(=O)(=O)c1ccc(CC(=O)Nc2cc(Cl)c(Oc3ccc(OC)c(C(C)C)c3)c(Cl)c2)cc1. The van der Waals surface area contributed by atoms with Gasteiger partial charge in [-0.2, -0.15) is 0 Å². The fourth-order valence-corrected chi connectivity index (χ4v) is 4.89. The Labute approximate surface area is 216 Å². The third-order valence-corrected chi connectivity index (χ3v) is 7.66. The van der Waals surface area contributed by atoms with Crippen LogP contribution in [0.3, 0.4) is 0 Å². The summed E-state index contributed by atoms with van der Waals surface area (Å²) < 4.78 is 35.2. The van der Waals surface area contributed by atoms with Crippen molar-refractivity contribution in [3.05, 3.63) is 75.8 Å². The molecular formula is C26H27Cl2NO5S. The molecule has 0 radical (unpaired) electrons. The highest BCUT2D eigenvalue weighted by Gasteiger charge is 2.16. The molecule has 0 saturated carbocycles. The van der Waals surface area contributed by atoms with Gasteiger partial charge in [-0.05, 0) is 53.9 Å². The average molecular weight is 536 g/mol. The van der Waals surface area contributed by atoms with Gasteiger partial charge in [0.1, 0.15) is 11.5 Å². The van der Waals surface area contributed by atoms with Crippen LogP contribution in [-0.2, 0) is 21.1 Å². The maximum absolute atomic E-state index is 12.5. The number of hydrogen-bond donors (Lipinski definition) is 1. The van der Waals surface area contributed by atoms with Crippen molar-refractivity contribution in [2.24, 2.45) is 0 Å². The highest BCUT2D eigenvalue weighted by molar-refractivity contribution is 7.91. The summed E-state index contributed by atoms with van der Waals surface area (Å²) in [6, 6.07) is 14.8. The van der Waals surface area contributed by atoms with Crippen LogP contribution in [0, 0.1) is 0 Å². The number of ether oxygens (including phenoxy) is 2. The minimum absolute atomic E-state index is 0.0193.